The number of aliphatic hydroxyl groups is 1. The van der Waals surface area contributed by atoms with Gasteiger partial charge in [-0.2, -0.15) is 0 Å². The molecule has 0 bridgehead atoms. The normalized spacial score (nSPS) is 22.8. The molecule has 3 N–H and O–H groups in total. The van der Waals surface area contributed by atoms with Gasteiger partial charge in [-0.3, -0.25) is 9.59 Å². The van der Waals surface area contributed by atoms with Crippen LogP contribution in [-0.2, 0) is 23.8 Å². The van der Waals surface area contributed by atoms with Gasteiger partial charge in [-0.05, 0) is 59.1 Å². The first kappa shape index (κ1) is 40.3. The smallest absolute Gasteiger partial charge is 0.224 e. The standard InChI is InChI=1S/C23H28N2O4.C22H26N2O4/c1-27-15-21(25-23(26)20-13-19(20)16-5-3-2-4-6-16)17-7-8-22(24-14-17)29-18-9-11-28-12-10-18;25-14-20(24-22(26)19-12-18(19)15-4-2-1-3-5-15)16-6-7-21(23-13-16)28-17-8-10-27-11-9-17/h2-8,14,18-21H,9-13,15H2,1H3,(H,25,26);1-7,13,17-20,25H,8-12,14H2,(H,24,26)/t19-,20+,21+;18-,19+,20+/m11/s1. The lowest BCUT2D eigenvalue weighted by atomic mass is 10.1. The Morgan fingerprint density at radius 3 is 1.51 bits per heavy atom. The summed E-state index contributed by atoms with van der Waals surface area (Å²) in [6, 6.07) is 27.1. The first-order valence-electron chi connectivity index (χ1n) is 20.2. The fourth-order valence-electron chi connectivity index (χ4n) is 7.55. The third-order valence-corrected chi connectivity index (χ3v) is 11.1. The van der Waals surface area contributed by atoms with Crippen LogP contribution in [0.3, 0.4) is 0 Å². The quantitative estimate of drug-likeness (QED) is 0.134. The topological polar surface area (TPSA) is 150 Å². The van der Waals surface area contributed by atoms with Gasteiger partial charge in [0.05, 0.1) is 51.7 Å². The van der Waals surface area contributed by atoms with E-state index in [9.17, 15) is 14.7 Å². The maximum atomic E-state index is 12.8. The van der Waals surface area contributed by atoms with Crippen LogP contribution >= 0.6 is 0 Å². The summed E-state index contributed by atoms with van der Waals surface area (Å²) >= 11 is 0. The van der Waals surface area contributed by atoms with E-state index in [4.69, 9.17) is 23.7 Å². The lowest BCUT2D eigenvalue weighted by Crippen LogP contribution is -2.33. The van der Waals surface area contributed by atoms with Crippen molar-refractivity contribution < 1.29 is 38.4 Å². The molecule has 2 saturated carbocycles. The molecule has 2 saturated heterocycles. The molecule has 57 heavy (non-hydrogen) atoms. The van der Waals surface area contributed by atoms with Crippen LogP contribution in [0.5, 0.6) is 11.8 Å². The zero-order valence-electron chi connectivity index (χ0n) is 32.5. The van der Waals surface area contributed by atoms with E-state index < -0.39 is 6.04 Å². The zero-order chi connectivity index (χ0) is 39.4. The first-order valence-corrected chi connectivity index (χ1v) is 20.2. The molecule has 12 heteroatoms. The third-order valence-electron chi connectivity index (χ3n) is 11.1. The summed E-state index contributed by atoms with van der Waals surface area (Å²) in [5, 5.41) is 15.9. The van der Waals surface area contributed by atoms with Gasteiger partial charge < -0.3 is 39.4 Å². The van der Waals surface area contributed by atoms with Crippen LogP contribution in [0, 0.1) is 11.8 Å². The van der Waals surface area contributed by atoms with Crippen molar-refractivity contribution >= 4 is 11.8 Å². The largest absolute Gasteiger partial charge is 0.474 e. The summed E-state index contributed by atoms with van der Waals surface area (Å²) in [5.41, 5.74) is 4.11. The van der Waals surface area contributed by atoms with Gasteiger partial charge >= 0.3 is 0 Å². The summed E-state index contributed by atoms with van der Waals surface area (Å²) < 4.78 is 27.8. The maximum Gasteiger partial charge on any atom is 0.224 e. The molecule has 2 aliphatic heterocycles. The van der Waals surface area contributed by atoms with Gasteiger partial charge in [-0.1, -0.05) is 60.7 Å². The van der Waals surface area contributed by atoms with E-state index in [1.807, 2.05) is 54.6 Å². The second-order valence-corrected chi connectivity index (χ2v) is 15.2. The number of aliphatic hydroxyl groups excluding tert-OH is 1. The lowest BCUT2D eigenvalue weighted by molar-refractivity contribution is -0.124. The predicted molar refractivity (Wildman–Crippen MR) is 213 cm³/mol. The van der Waals surface area contributed by atoms with Crippen LogP contribution in [0.15, 0.2) is 97.3 Å². The van der Waals surface area contributed by atoms with Crippen LogP contribution in [0.1, 0.15) is 84.7 Å². The number of hydrogen-bond acceptors (Lipinski definition) is 10. The van der Waals surface area contributed by atoms with Crippen LogP contribution in [0.2, 0.25) is 0 Å². The Morgan fingerprint density at radius 2 is 1.11 bits per heavy atom. The van der Waals surface area contributed by atoms with Crippen molar-refractivity contribution in [1.82, 2.24) is 20.6 Å². The highest BCUT2D eigenvalue weighted by Gasteiger charge is 2.45. The summed E-state index contributed by atoms with van der Waals surface area (Å²) in [6.45, 7) is 3.12. The molecule has 12 nitrogen and oxygen atoms in total. The van der Waals surface area contributed by atoms with Gasteiger partial charge in [0.15, 0.2) is 0 Å². The SMILES string of the molecule is COC[C@H](NC(=O)[C@H]1C[C@@H]1c1ccccc1)c1ccc(OC2CCOCC2)nc1.O=C(N[C@@H](CO)c1ccc(OC2CCOCC2)nc1)[C@H]1C[C@@H]1c1ccccc1. The number of carbonyl (C=O) groups excluding carboxylic acids is 2. The van der Waals surface area contributed by atoms with E-state index in [2.05, 4.69) is 44.9 Å². The fourth-order valence-corrected chi connectivity index (χ4v) is 7.55. The molecule has 2 amide bonds. The molecule has 2 aromatic carbocycles. The van der Waals surface area contributed by atoms with Crippen LogP contribution in [0.4, 0.5) is 0 Å². The summed E-state index contributed by atoms with van der Waals surface area (Å²) in [6.07, 6.45) is 8.95. The van der Waals surface area contributed by atoms with Crippen molar-refractivity contribution in [3.05, 3.63) is 120 Å². The molecule has 4 aromatic rings. The number of nitrogens with one attached hydrogen (secondary N) is 2. The third kappa shape index (κ3) is 11.4. The van der Waals surface area contributed by atoms with Crippen molar-refractivity contribution in [1.29, 1.82) is 0 Å². The highest BCUT2D eigenvalue weighted by atomic mass is 16.5. The number of aromatic nitrogens is 2. The molecule has 8 rings (SSSR count). The van der Waals surface area contributed by atoms with Crippen molar-refractivity contribution in [3.63, 3.8) is 0 Å². The van der Waals surface area contributed by atoms with Crippen LogP contribution in [0.25, 0.3) is 0 Å². The molecule has 2 aromatic heterocycles. The van der Waals surface area contributed by atoms with Crippen molar-refractivity contribution in [2.45, 2.75) is 74.7 Å². The summed E-state index contributed by atoms with van der Waals surface area (Å²) in [4.78, 5) is 34.1. The number of hydrogen-bond donors (Lipinski definition) is 3. The number of benzene rings is 2. The van der Waals surface area contributed by atoms with Gasteiger partial charge in [-0.15, -0.1) is 0 Å². The second kappa shape index (κ2) is 20.0. The molecule has 302 valence electrons. The Morgan fingerprint density at radius 1 is 0.667 bits per heavy atom. The van der Waals surface area contributed by atoms with Crippen LogP contribution < -0.4 is 20.1 Å². The van der Waals surface area contributed by atoms with Gasteiger partial charge in [-0.25, -0.2) is 9.97 Å². The summed E-state index contributed by atoms with van der Waals surface area (Å²) in [7, 11) is 1.64. The predicted octanol–water partition coefficient (Wildman–Crippen LogP) is 5.84. The monoisotopic (exact) mass is 778 g/mol. The number of carbonyl (C=O) groups is 2. The molecule has 4 fully saturated rings. The maximum absolute atomic E-state index is 12.8. The van der Waals surface area contributed by atoms with Gasteiger partial charge in [0.2, 0.25) is 23.6 Å². The fraction of sp³-hybridized carbons (Fsp3) is 0.467. The van der Waals surface area contributed by atoms with E-state index in [1.54, 1.807) is 25.6 Å². The number of rotatable bonds is 15. The van der Waals surface area contributed by atoms with Gasteiger partial charge in [0.1, 0.15) is 12.2 Å². The molecule has 4 heterocycles. The Kier molecular flexibility index (Phi) is 14.2. The number of pyridine rings is 2. The summed E-state index contributed by atoms with van der Waals surface area (Å²) in [5.74, 6) is 1.81. The van der Waals surface area contributed by atoms with Gasteiger partial charge in [0.25, 0.3) is 0 Å². The molecule has 6 atom stereocenters. The molecule has 0 unspecified atom stereocenters. The van der Waals surface area contributed by atoms with E-state index in [-0.39, 0.29) is 54.4 Å². The Bertz CT molecular complexity index is 1840. The van der Waals surface area contributed by atoms with E-state index in [0.717, 1.165) is 62.9 Å². The molecule has 2 aliphatic carbocycles. The second-order valence-electron chi connectivity index (χ2n) is 15.2. The molecular formula is C45H54N4O8. The zero-order valence-corrected chi connectivity index (χ0v) is 32.5. The Balaban J connectivity index is 0.000000174. The minimum atomic E-state index is -0.464. The number of methoxy groups -OCH3 is 1. The van der Waals surface area contributed by atoms with E-state index >= 15 is 0 Å². The number of ether oxygens (including phenoxy) is 5. The average molecular weight is 779 g/mol. The first-order chi connectivity index (χ1) is 28.0. The lowest BCUT2D eigenvalue weighted by Gasteiger charge is -2.23. The Hall–Kier alpha value is -4.88. The Labute approximate surface area is 334 Å². The number of amides is 2. The van der Waals surface area contributed by atoms with Crippen LogP contribution in [-0.4, -0.2) is 85.8 Å². The number of nitrogens with zero attached hydrogens (tertiary/aromatic N) is 2. The highest BCUT2D eigenvalue weighted by Crippen LogP contribution is 2.48. The van der Waals surface area contributed by atoms with E-state index in [1.165, 1.54) is 11.1 Å². The van der Waals surface area contributed by atoms with Crippen molar-refractivity contribution in [3.8, 4) is 11.8 Å². The molecular weight excluding hydrogens is 725 g/mol. The molecule has 4 aliphatic rings. The van der Waals surface area contributed by atoms with Crippen molar-refractivity contribution in [2.24, 2.45) is 11.8 Å². The minimum Gasteiger partial charge on any atom is -0.474 e. The van der Waals surface area contributed by atoms with Gasteiger partial charge in [0, 0.05) is 69.2 Å². The van der Waals surface area contributed by atoms with Crippen molar-refractivity contribution in [2.75, 3.05) is 46.8 Å². The minimum absolute atomic E-state index is 0.0181. The molecule has 0 spiro atoms. The highest BCUT2D eigenvalue weighted by molar-refractivity contribution is 5.84. The average Bonchev–Trinajstić information content (AvgIpc) is 4.21. The molecule has 0 radical (unpaired) electrons. The van der Waals surface area contributed by atoms with E-state index in [0.29, 0.717) is 37.5 Å².